The molecule has 27 heavy (non-hydrogen) atoms. The minimum atomic E-state index is -3.68. The molecule has 4 rings (SSSR count). The van der Waals surface area contributed by atoms with Crippen molar-refractivity contribution >= 4 is 26.7 Å². The van der Waals surface area contributed by atoms with Crippen LogP contribution < -0.4 is 4.90 Å². The van der Waals surface area contributed by atoms with Crippen LogP contribution in [-0.4, -0.2) is 55.3 Å². The van der Waals surface area contributed by atoms with Gasteiger partial charge >= 0.3 is 0 Å². The summed E-state index contributed by atoms with van der Waals surface area (Å²) in [6, 6.07) is 9.31. The first-order valence-electron chi connectivity index (χ1n) is 8.86. The van der Waals surface area contributed by atoms with E-state index in [0.717, 1.165) is 18.7 Å². The molecule has 0 amide bonds. The summed E-state index contributed by atoms with van der Waals surface area (Å²) in [5.41, 5.74) is 2.49. The van der Waals surface area contributed by atoms with Gasteiger partial charge in [-0.15, -0.1) is 4.40 Å². The molecule has 2 aromatic rings. The number of hydrogen-bond donors (Lipinski definition) is 0. The highest BCUT2D eigenvalue weighted by molar-refractivity contribution is 8.00. The molecule has 0 atom stereocenters. The van der Waals surface area contributed by atoms with Crippen LogP contribution in [0.4, 0.5) is 5.95 Å². The topological polar surface area (TPSA) is 78.8 Å². The standard InChI is InChI=1S/C19H21N5O2S/c1-14-4-6-16(7-5-14)17-15(2)18(22-27(17,25)26)23-10-12-24(13-11-23)19-20-8-3-9-21-19/h3-9H,10-13H2,1-2H3. The molecule has 0 unspecified atom stereocenters. The van der Waals surface area contributed by atoms with Gasteiger partial charge in [-0.05, 0) is 25.5 Å². The van der Waals surface area contributed by atoms with E-state index in [0.29, 0.717) is 40.9 Å². The fraction of sp³-hybridized carbons (Fsp3) is 0.316. The van der Waals surface area contributed by atoms with E-state index in [1.165, 1.54) is 0 Å². The molecule has 140 valence electrons. The third-order valence-corrected chi connectivity index (χ3v) is 6.34. The summed E-state index contributed by atoms with van der Waals surface area (Å²) in [5, 5.41) is 0. The van der Waals surface area contributed by atoms with Crippen LogP contribution in [0.25, 0.3) is 4.91 Å². The summed E-state index contributed by atoms with van der Waals surface area (Å²) >= 11 is 0. The minimum Gasteiger partial charge on any atom is -0.352 e. The van der Waals surface area contributed by atoms with Crippen molar-refractivity contribution in [2.75, 3.05) is 31.1 Å². The molecule has 0 saturated carbocycles. The molecule has 1 fully saturated rings. The lowest BCUT2D eigenvalue weighted by atomic mass is 10.1. The van der Waals surface area contributed by atoms with Crippen LogP contribution in [-0.2, 0) is 10.0 Å². The van der Waals surface area contributed by atoms with Gasteiger partial charge in [0.2, 0.25) is 5.95 Å². The maximum Gasteiger partial charge on any atom is 0.285 e. The van der Waals surface area contributed by atoms with E-state index in [9.17, 15) is 8.42 Å². The summed E-state index contributed by atoms with van der Waals surface area (Å²) in [7, 11) is -3.68. The molecule has 0 radical (unpaired) electrons. The second kappa shape index (κ2) is 6.77. The Morgan fingerprint density at radius 1 is 0.889 bits per heavy atom. The molecule has 1 saturated heterocycles. The molecule has 8 heteroatoms. The van der Waals surface area contributed by atoms with Crippen molar-refractivity contribution in [3.05, 3.63) is 59.4 Å². The molecule has 1 aromatic heterocycles. The zero-order chi connectivity index (χ0) is 19.0. The summed E-state index contributed by atoms with van der Waals surface area (Å²) in [5.74, 6) is 1.25. The Bertz CT molecular complexity index is 1010. The lowest BCUT2D eigenvalue weighted by Gasteiger charge is -2.35. The van der Waals surface area contributed by atoms with Gasteiger partial charge in [-0.2, -0.15) is 8.42 Å². The Morgan fingerprint density at radius 3 is 2.11 bits per heavy atom. The van der Waals surface area contributed by atoms with Gasteiger partial charge < -0.3 is 9.80 Å². The number of piperazine rings is 1. The number of rotatable bonds is 2. The maximum absolute atomic E-state index is 12.7. The van der Waals surface area contributed by atoms with Gasteiger partial charge in [-0.1, -0.05) is 29.8 Å². The highest BCUT2D eigenvalue weighted by Crippen LogP contribution is 2.34. The number of aryl methyl sites for hydroxylation is 1. The third-order valence-electron chi connectivity index (χ3n) is 4.87. The first-order valence-corrected chi connectivity index (χ1v) is 10.3. The smallest absolute Gasteiger partial charge is 0.285 e. The van der Waals surface area contributed by atoms with Gasteiger partial charge in [0.15, 0.2) is 0 Å². The first kappa shape index (κ1) is 17.7. The van der Waals surface area contributed by atoms with Gasteiger partial charge in [-0.25, -0.2) is 9.97 Å². The number of benzene rings is 1. The molecule has 7 nitrogen and oxygen atoms in total. The van der Waals surface area contributed by atoms with Crippen molar-refractivity contribution < 1.29 is 8.42 Å². The van der Waals surface area contributed by atoms with E-state index < -0.39 is 10.0 Å². The van der Waals surface area contributed by atoms with E-state index in [-0.39, 0.29) is 0 Å². The first-order chi connectivity index (χ1) is 13.0. The second-order valence-electron chi connectivity index (χ2n) is 6.73. The summed E-state index contributed by atoms with van der Waals surface area (Å²) in [6.07, 6.45) is 3.45. The Hall–Kier alpha value is -2.74. The van der Waals surface area contributed by atoms with Crippen LogP contribution in [0, 0.1) is 6.92 Å². The normalized spacial score (nSPS) is 19.4. The van der Waals surface area contributed by atoms with Gasteiger partial charge in [0.1, 0.15) is 10.7 Å². The second-order valence-corrected chi connectivity index (χ2v) is 8.27. The van der Waals surface area contributed by atoms with Gasteiger partial charge in [0.25, 0.3) is 10.0 Å². The average molecular weight is 383 g/mol. The molecule has 0 aliphatic carbocycles. The molecular weight excluding hydrogens is 362 g/mol. The minimum absolute atomic E-state index is 0.311. The van der Waals surface area contributed by atoms with Gasteiger partial charge in [0, 0.05) is 44.1 Å². The van der Waals surface area contributed by atoms with Crippen LogP contribution in [0.5, 0.6) is 0 Å². The van der Waals surface area contributed by atoms with Crippen molar-refractivity contribution in [3.63, 3.8) is 0 Å². The third kappa shape index (κ3) is 3.32. The summed E-state index contributed by atoms with van der Waals surface area (Å²) in [6.45, 7) is 6.60. The molecule has 0 bridgehead atoms. The van der Waals surface area contributed by atoms with Gasteiger partial charge in [0.05, 0.1) is 0 Å². The van der Waals surface area contributed by atoms with Crippen molar-refractivity contribution in [1.29, 1.82) is 0 Å². The molecule has 0 N–H and O–H groups in total. The van der Waals surface area contributed by atoms with Crippen molar-refractivity contribution in [2.24, 2.45) is 4.40 Å². The van der Waals surface area contributed by atoms with Gasteiger partial charge in [-0.3, -0.25) is 0 Å². The van der Waals surface area contributed by atoms with Crippen LogP contribution in [0.15, 0.2) is 52.7 Å². The van der Waals surface area contributed by atoms with Crippen molar-refractivity contribution in [3.8, 4) is 0 Å². The molecule has 1 aromatic carbocycles. The number of aromatic nitrogens is 2. The Balaban J connectivity index is 1.57. The fourth-order valence-electron chi connectivity index (χ4n) is 3.46. The van der Waals surface area contributed by atoms with Crippen molar-refractivity contribution in [1.82, 2.24) is 14.9 Å². The lowest BCUT2D eigenvalue weighted by Crippen LogP contribution is -2.49. The molecule has 2 aliphatic heterocycles. The predicted octanol–water partition coefficient (Wildman–Crippen LogP) is 2.08. The fourth-order valence-corrected chi connectivity index (χ4v) is 4.94. The Kier molecular flexibility index (Phi) is 4.43. The summed E-state index contributed by atoms with van der Waals surface area (Å²) < 4.78 is 29.5. The predicted molar refractivity (Wildman–Crippen MR) is 106 cm³/mol. The number of anilines is 1. The van der Waals surface area contributed by atoms with Crippen LogP contribution in [0.1, 0.15) is 18.1 Å². The SMILES string of the molecule is CC1=C(c2ccc(C)cc2)S(=O)(=O)N=C1N1CCN(c2ncccn2)CC1. The zero-order valence-electron chi connectivity index (χ0n) is 15.3. The summed E-state index contributed by atoms with van der Waals surface area (Å²) in [4.78, 5) is 13.0. The molecule has 0 spiro atoms. The number of nitrogens with zero attached hydrogens (tertiary/aromatic N) is 5. The van der Waals surface area contributed by atoms with E-state index in [2.05, 4.69) is 19.3 Å². The highest BCUT2D eigenvalue weighted by Gasteiger charge is 2.34. The van der Waals surface area contributed by atoms with E-state index in [4.69, 9.17) is 0 Å². The molecule has 3 heterocycles. The van der Waals surface area contributed by atoms with E-state index in [1.807, 2.05) is 43.0 Å². The number of amidine groups is 1. The quantitative estimate of drug-likeness (QED) is 0.790. The van der Waals surface area contributed by atoms with Crippen molar-refractivity contribution in [2.45, 2.75) is 13.8 Å². The number of sulfonamides is 1. The zero-order valence-corrected chi connectivity index (χ0v) is 16.1. The number of hydrogen-bond acceptors (Lipinski definition) is 6. The highest BCUT2D eigenvalue weighted by atomic mass is 32.2. The van der Waals surface area contributed by atoms with Crippen LogP contribution >= 0.6 is 0 Å². The lowest BCUT2D eigenvalue weighted by molar-refractivity contribution is 0.384. The Morgan fingerprint density at radius 2 is 1.48 bits per heavy atom. The average Bonchev–Trinajstić information content (AvgIpc) is 2.92. The maximum atomic E-state index is 12.7. The van der Waals surface area contributed by atoms with Crippen LogP contribution in [0.2, 0.25) is 0 Å². The molecular formula is C19H21N5O2S. The molecule has 2 aliphatic rings. The monoisotopic (exact) mass is 383 g/mol. The Labute approximate surface area is 159 Å². The largest absolute Gasteiger partial charge is 0.352 e. The van der Waals surface area contributed by atoms with Crippen LogP contribution in [0.3, 0.4) is 0 Å². The van der Waals surface area contributed by atoms with E-state index >= 15 is 0 Å². The van der Waals surface area contributed by atoms with E-state index in [1.54, 1.807) is 18.5 Å².